The van der Waals surface area contributed by atoms with Crippen LogP contribution in [0.4, 0.5) is 0 Å². The highest BCUT2D eigenvalue weighted by Crippen LogP contribution is 2.22. The monoisotopic (exact) mass is 336 g/mol. The number of sulfonamides is 1. The van der Waals surface area contributed by atoms with Gasteiger partial charge in [-0.05, 0) is 12.1 Å². The molecule has 0 saturated heterocycles. The summed E-state index contributed by atoms with van der Waals surface area (Å²) >= 11 is 5.84. The molecule has 1 aromatic heterocycles. The highest BCUT2D eigenvalue weighted by atomic mass is 35.5. The third-order valence-electron chi connectivity index (χ3n) is 2.68. The molecule has 1 heterocycles. The molecule has 0 saturated carbocycles. The summed E-state index contributed by atoms with van der Waals surface area (Å²) in [5, 5.41) is -0.113. The van der Waals surface area contributed by atoms with Crippen LogP contribution in [0.3, 0.4) is 0 Å². The van der Waals surface area contributed by atoms with Gasteiger partial charge in [0, 0.05) is 26.4 Å². The molecule has 7 nitrogen and oxygen atoms in total. The number of halogens is 1. The van der Waals surface area contributed by atoms with E-state index >= 15 is 0 Å². The van der Waals surface area contributed by atoms with Crippen molar-refractivity contribution in [3.8, 4) is 0 Å². The van der Waals surface area contributed by atoms with Crippen LogP contribution >= 0.6 is 11.6 Å². The zero-order valence-corrected chi connectivity index (χ0v) is 13.4. The Bertz CT molecular complexity index is 579. The Labute approximate surface area is 128 Å². The third kappa shape index (κ3) is 4.92. The van der Waals surface area contributed by atoms with Gasteiger partial charge in [-0.1, -0.05) is 11.6 Å². The Kier molecular flexibility index (Phi) is 7.03. The minimum Gasteiger partial charge on any atom is -0.469 e. The maximum Gasteiger partial charge on any atom is 0.306 e. The lowest BCUT2D eigenvalue weighted by Crippen LogP contribution is -2.36. The summed E-state index contributed by atoms with van der Waals surface area (Å²) in [6.45, 7) is 0.267. The summed E-state index contributed by atoms with van der Waals surface area (Å²) in [6.07, 6.45) is 1.34. The highest BCUT2D eigenvalue weighted by molar-refractivity contribution is 7.89. The van der Waals surface area contributed by atoms with E-state index in [4.69, 9.17) is 16.3 Å². The number of hydrogen-bond acceptors (Lipinski definition) is 6. The van der Waals surface area contributed by atoms with Crippen LogP contribution in [0, 0.1) is 0 Å². The van der Waals surface area contributed by atoms with Crippen LogP contribution in [-0.4, -0.2) is 57.6 Å². The van der Waals surface area contributed by atoms with E-state index in [1.165, 1.54) is 32.5 Å². The van der Waals surface area contributed by atoms with Gasteiger partial charge < -0.3 is 9.47 Å². The van der Waals surface area contributed by atoms with Crippen LogP contribution in [-0.2, 0) is 24.3 Å². The molecule has 0 aliphatic carbocycles. The summed E-state index contributed by atoms with van der Waals surface area (Å²) in [7, 11) is -1.15. The summed E-state index contributed by atoms with van der Waals surface area (Å²) in [5.41, 5.74) is 0. The first-order chi connectivity index (χ1) is 9.93. The average molecular weight is 337 g/mol. The number of pyridine rings is 1. The predicted octanol–water partition coefficient (Wildman–Crippen LogP) is 0.935. The molecule has 0 N–H and O–H groups in total. The molecule has 0 bridgehead atoms. The summed E-state index contributed by atoms with van der Waals surface area (Å²) < 4.78 is 35.6. The Morgan fingerprint density at radius 1 is 1.38 bits per heavy atom. The van der Waals surface area contributed by atoms with Crippen molar-refractivity contribution in [1.82, 2.24) is 9.29 Å². The number of hydrogen-bond donors (Lipinski definition) is 0. The molecule has 0 amide bonds. The van der Waals surface area contributed by atoms with Gasteiger partial charge in [-0.15, -0.1) is 0 Å². The maximum absolute atomic E-state index is 12.6. The fourth-order valence-corrected chi connectivity index (χ4v) is 3.42. The lowest BCUT2D eigenvalue weighted by molar-refractivity contribution is -0.140. The first-order valence-corrected chi connectivity index (χ1v) is 7.91. The summed E-state index contributed by atoms with van der Waals surface area (Å²) in [6, 6.07) is 2.84. The van der Waals surface area contributed by atoms with Crippen molar-refractivity contribution in [3.63, 3.8) is 0 Å². The molecule has 118 valence electrons. The molecule has 21 heavy (non-hydrogen) atoms. The smallest absolute Gasteiger partial charge is 0.306 e. The molecule has 0 aliphatic heterocycles. The standard InChI is InChI=1S/C12H17ClN2O5S/c1-19-9-8-15(7-5-11(16)20-2)21(17,18)10-4-3-6-14-12(10)13/h3-4,6H,5,7-9H2,1-2H3. The zero-order chi connectivity index (χ0) is 15.9. The van der Waals surface area contributed by atoms with E-state index in [0.29, 0.717) is 0 Å². The second kappa shape index (κ2) is 8.28. The molecule has 0 unspecified atom stereocenters. The van der Waals surface area contributed by atoms with Crippen molar-refractivity contribution in [3.05, 3.63) is 23.5 Å². The minimum atomic E-state index is -3.86. The molecular weight excluding hydrogens is 320 g/mol. The number of ether oxygens (including phenoxy) is 2. The van der Waals surface area contributed by atoms with E-state index in [1.54, 1.807) is 0 Å². The van der Waals surface area contributed by atoms with Gasteiger partial charge >= 0.3 is 5.97 Å². The second-order valence-corrected chi connectivity index (χ2v) is 6.28. The molecule has 0 radical (unpaired) electrons. The fourth-order valence-electron chi connectivity index (χ4n) is 1.57. The molecule has 9 heteroatoms. The van der Waals surface area contributed by atoms with Crippen LogP contribution < -0.4 is 0 Å². The normalized spacial score (nSPS) is 11.6. The number of nitrogens with zero attached hydrogens (tertiary/aromatic N) is 2. The summed E-state index contributed by atoms with van der Waals surface area (Å²) in [4.78, 5) is 14.9. The van der Waals surface area contributed by atoms with Gasteiger partial charge in [0.15, 0.2) is 0 Å². The van der Waals surface area contributed by atoms with Gasteiger partial charge in [0.25, 0.3) is 0 Å². The predicted molar refractivity (Wildman–Crippen MR) is 76.5 cm³/mol. The second-order valence-electron chi connectivity index (χ2n) is 4.02. The number of rotatable bonds is 8. The molecular formula is C12H17ClN2O5S. The van der Waals surface area contributed by atoms with Crippen molar-refractivity contribution < 1.29 is 22.7 Å². The Balaban J connectivity index is 3.00. The van der Waals surface area contributed by atoms with Gasteiger partial charge in [-0.2, -0.15) is 4.31 Å². The zero-order valence-electron chi connectivity index (χ0n) is 11.8. The van der Waals surface area contributed by atoms with Crippen molar-refractivity contribution in [2.24, 2.45) is 0 Å². The van der Waals surface area contributed by atoms with Crippen LogP contribution in [0.2, 0.25) is 5.15 Å². The number of carbonyl (C=O) groups is 1. The first-order valence-electron chi connectivity index (χ1n) is 6.10. The van der Waals surface area contributed by atoms with Crippen molar-refractivity contribution in [2.45, 2.75) is 11.3 Å². The Morgan fingerprint density at radius 3 is 2.67 bits per heavy atom. The van der Waals surface area contributed by atoms with Gasteiger partial charge in [-0.3, -0.25) is 4.79 Å². The SMILES string of the molecule is COCCN(CCC(=O)OC)S(=O)(=O)c1cccnc1Cl. The van der Waals surface area contributed by atoms with E-state index in [2.05, 4.69) is 9.72 Å². The number of methoxy groups -OCH3 is 2. The molecule has 0 spiro atoms. The minimum absolute atomic E-state index is 0.0242. The Hall–Kier alpha value is -1.22. The van der Waals surface area contributed by atoms with Crippen LogP contribution in [0.25, 0.3) is 0 Å². The van der Waals surface area contributed by atoms with E-state index in [0.717, 1.165) is 4.31 Å². The topological polar surface area (TPSA) is 85.8 Å². The summed E-state index contributed by atoms with van der Waals surface area (Å²) in [5.74, 6) is -0.495. The van der Waals surface area contributed by atoms with Crippen molar-refractivity contribution in [1.29, 1.82) is 0 Å². The molecule has 1 aromatic rings. The number of aromatic nitrogens is 1. The lowest BCUT2D eigenvalue weighted by atomic mass is 10.4. The Morgan fingerprint density at radius 2 is 2.10 bits per heavy atom. The quantitative estimate of drug-likeness (QED) is 0.518. The van der Waals surface area contributed by atoms with Crippen molar-refractivity contribution in [2.75, 3.05) is 33.9 Å². The maximum atomic E-state index is 12.6. The van der Waals surface area contributed by atoms with E-state index in [-0.39, 0.29) is 36.2 Å². The molecule has 0 aromatic carbocycles. The molecule has 0 fully saturated rings. The average Bonchev–Trinajstić information content (AvgIpc) is 2.46. The third-order valence-corrected chi connectivity index (χ3v) is 5.02. The highest BCUT2D eigenvalue weighted by Gasteiger charge is 2.27. The van der Waals surface area contributed by atoms with Crippen LogP contribution in [0.1, 0.15) is 6.42 Å². The molecule has 0 atom stereocenters. The van der Waals surface area contributed by atoms with Gasteiger partial charge in [0.05, 0.1) is 20.1 Å². The first kappa shape index (κ1) is 17.8. The number of esters is 1. The molecule has 0 aliphatic rings. The van der Waals surface area contributed by atoms with Crippen LogP contribution in [0.5, 0.6) is 0 Å². The van der Waals surface area contributed by atoms with E-state index in [1.807, 2.05) is 0 Å². The van der Waals surface area contributed by atoms with Crippen molar-refractivity contribution >= 4 is 27.6 Å². The van der Waals surface area contributed by atoms with Gasteiger partial charge in [-0.25, -0.2) is 13.4 Å². The van der Waals surface area contributed by atoms with E-state index < -0.39 is 16.0 Å². The van der Waals surface area contributed by atoms with E-state index in [9.17, 15) is 13.2 Å². The van der Waals surface area contributed by atoms with Gasteiger partial charge in [0.2, 0.25) is 10.0 Å². The largest absolute Gasteiger partial charge is 0.469 e. The van der Waals surface area contributed by atoms with Crippen LogP contribution in [0.15, 0.2) is 23.2 Å². The van der Waals surface area contributed by atoms with Gasteiger partial charge in [0.1, 0.15) is 10.0 Å². The lowest BCUT2D eigenvalue weighted by Gasteiger charge is -2.21. The molecule has 1 rings (SSSR count). The fraction of sp³-hybridized carbons (Fsp3) is 0.500. The number of carbonyl (C=O) groups excluding carboxylic acids is 1.